The fourth-order valence-electron chi connectivity index (χ4n) is 1.75. The Bertz CT molecular complexity index is 762. The number of hydrogen-bond acceptors (Lipinski definition) is 5. The van der Waals surface area contributed by atoms with E-state index >= 15 is 0 Å². The topological polar surface area (TPSA) is 96.6 Å². The Morgan fingerprint density at radius 2 is 2.05 bits per heavy atom. The molecule has 0 saturated carbocycles. The first-order valence-corrected chi connectivity index (χ1v) is 7.61. The number of hydrogen-bond donors (Lipinski definition) is 2. The summed E-state index contributed by atoms with van der Waals surface area (Å²) in [5.41, 5.74) is -0.164. The molecule has 0 spiro atoms. The lowest BCUT2D eigenvalue weighted by Gasteiger charge is -2.14. The van der Waals surface area contributed by atoms with Crippen LogP contribution in [0.25, 0.3) is 11.0 Å². The van der Waals surface area contributed by atoms with Gasteiger partial charge < -0.3 is 9.52 Å². The summed E-state index contributed by atoms with van der Waals surface area (Å²) < 4.78 is 31.7. The van der Waals surface area contributed by atoms with Crippen LogP contribution in [0.4, 0.5) is 0 Å². The van der Waals surface area contributed by atoms with Crippen LogP contribution in [-0.4, -0.2) is 26.2 Å². The molecule has 0 bridgehead atoms. The lowest BCUT2D eigenvalue weighted by atomic mass is 10.2. The van der Waals surface area contributed by atoms with Gasteiger partial charge in [-0.25, -0.2) is 17.9 Å². The Labute approximate surface area is 116 Å². The SMILES string of the molecule is CCC(CO)NS(=O)(=O)c1ccc2oc(=O)ccc2c1. The zero-order chi connectivity index (χ0) is 14.8. The van der Waals surface area contributed by atoms with Crippen LogP contribution in [0.15, 0.2) is 44.4 Å². The van der Waals surface area contributed by atoms with Crippen molar-refractivity contribution in [2.75, 3.05) is 6.61 Å². The highest BCUT2D eigenvalue weighted by Crippen LogP contribution is 2.18. The molecule has 2 N–H and O–H groups in total. The summed E-state index contributed by atoms with van der Waals surface area (Å²) in [6.45, 7) is 1.51. The third-order valence-corrected chi connectivity index (χ3v) is 4.45. The molecule has 1 atom stereocenters. The minimum atomic E-state index is -3.72. The van der Waals surface area contributed by atoms with Crippen molar-refractivity contribution < 1.29 is 17.9 Å². The first kappa shape index (κ1) is 14.7. The molecule has 1 heterocycles. The van der Waals surface area contributed by atoms with Crippen molar-refractivity contribution in [3.63, 3.8) is 0 Å². The van der Waals surface area contributed by atoms with Gasteiger partial charge in [-0.15, -0.1) is 0 Å². The van der Waals surface area contributed by atoms with E-state index in [1.165, 1.54) is 30.3 Å². The molecule has 0 amide bonds. The maximum absolute atomic E-state index is 12.2. The van der Waals surface area contributed by atoms with E-state index in [0.29, 0.717) is 17.4 Å². The van der Waals surface area contributed by atoms with Crippen molar-refractivity contribution in [1.82, 2.24) is 4.72 Å². The quantitative estimate of drug-likeness (QED) is 0.797. The number of aliphatic hydroxyl groups excluding tert-OH is 1. The molecular formula is C13H15NO5S. The van der Waals surface area contributed by atoms with Gasteiger partial charge in [0.25, 0.3) is 0 Å². The molecule has 0 aliphatic carbocycles. The van der Waals surface area contributed by atoms with Crippen molar-refractivity contribution in [3.8, 4) is 0 Å². The van der Waals surface area contributed by atoms with E-state index in [4.69, 9.17) is 9.52 Å². The normalized spacial score (nSPS) is 13.5. The van der Waals surface area contributed by atoms with Crippen molar-refractivity contribution in [2.24, 2.45) is 0 Å². The molecule has 0 aliphatic rings. The van der Waals surface area contributed by atoms with Gasteiger partial charge in [-0.1, -0.05) is 6.92 Å². The number of sulfonamides is 1. The molecule has 1 unspecified atom stereocenters. The molecule has 20 heavy (non-hydrogen) atoms. The van der Waals surface area contributed by atoms with Crippen molar-refractivity contribution in [3.05, 3.63) is 40.8 Å². The van der Waals surface area contributed by atoms with Crippen LogP contribution < -0.4 is 10.3 Å². The van der Waals surface area contributed by atoms with E-state index < -0.39 is 21.7 Å². The van der Waals surface area contributed by atoms with Crippen LogP contribution in [0.1, 0.15) is 13.3 Å². The minimum Gasteiger partial charge on any atom is -0.423 e. The van der Waals surface area contributed by atoms with Crippen LogP contribution in [0, 0.1) is 0 Å². The lowest BCUT2D eigenvalue weighted by Crippen LogP contribution is -2.36. The fraction of sp³-hybridized carbons (Fsp3) is 0.308. The summed E-state index contributed by atoms with van der Waals surface area (Å²) in [7, 11) is -3.72. The lowest BCUT2D eigenvalue weighted by molar-refractivity contribution is 0.254. The first-order chi connectivity index (χ1) is 9.46. The molecule has 2 rings (SSSR count). The first-order valence-electron chi connectivity index (χ1n) is 6.13. The Hall–Kier alpha value is -1.70. The molecule has 108 valence electrons. The van der Waals surface area contributed by atoms with E-state index in [2.05, 4.69) is 4.72 Å². The summed E-state index contributed by atoms with van der Waals surface area (Å²) in [6, 6.07) is 6.43. The van der Waals surface area contributed by atoms with E-state index in [0.717, 1.165) is 0 Å². The zero-order valence-electron chi connectivity index (χ0n) is 10.9. The number of benzene rings is 1. The second-order valence-electron chi connectivity index (χ2n) is 4.36. The molecule has 1 aromatic heterocycles. The number of aliphatic hydroxyl groups is 1. The molecule has 7 heteroatoms. The van der Waals surface area contributed by atoms with Gasteiger partial charge in [0, 0.05) is 17.5 Å². The molecule has 6 nitrogen and oxygen atoms in total. The number of rotatable bonds is 5. The van der Waals surface area contributed by atoms with Gasteiger partial charge in [0.15, 0.2) is 0 Å². The monoisotopic (exact) mass is 297 g/mol. The number of nitrogens with one attached hydrogen (secondary N) is 1. The Kier molecular flexibility index (Phi) is 4.22. The predicted molar refractivity (Wildman–Crippen MR) is 74.0 cm³/mol. The molecule has 0 aliphatic heterocycles. The minimum absolute atomic E-state index is 0.0609. The van der Waals surface area contributed by atoms with E-state index in [9.17, 15) is 13.2 Å². The van der Waals surface area contributed by atoms with E-state index in [1.807, 2.05) is 0 Å². The zero-order valence-corrected chi connectivity index (χ0v) is 11.7. The maximum Gasteiger partial charge on any atom is 0.336 e. The standard InChI is InChI=1S/C13H15NO5S/c1-2-10(8-15)14-20(17,18)11-4-5-12-9(7-11)3-6-13(16)19-12/h3-7,10,14-15H,2,8H2,1H3. The van der Waals surface area contributed by atoms with Crippen LogP contribution in [0.5, 0.6) is 0 Å². The van der Waals surface area contributed by atoms with Crippen LogP contribution in [0.3, 0.4) is 0 Å². The van der Waals surface area contributed by atoms with Gasteiger partial charge in [0.1, 0.15) is 5.58 Å². The van der Waals surface area contributed by atoms with Crippen LogP contribution in [-0.2, 0) is 10.0 Å². The molecule has 2 aromatic rings. The second kappa shape index (κ2) is 5.74. The molecule has 0 fully saturated rings. The van der Waals surface area contributed by atoms with Gasteiger partial charge in [0.2, 0.25) is 10.0 Å². The maximum atomic E-state index is 12.2. The Morgan fingerprint density at radius 1 is 1.30 bits per heavy atom. The summed E-state index contributed by atoms with van der Waals surface area (Å²) in [5, 5.41) is 9.58. The van der Waals surface area contributed by atoms with Gasteiger partial charge in [-0.3, -0.25) is 0 Å². The highest BCUT2D eigenvalue weighted by molar-refractivity contribution is 7.89. The van der Waals surface area contributed by atoms with Crippen molar-refractivity contribution >= 4 is 21.0 Å². The molecule has 1 aromatic carbocycles. The highest BCUT2D eigenvalue weighted by Gasteiger charge is 2.19. The summed E-state index contributed by atoms with van der Waals surface area (Å²) in [4.78, 5) is 11.1. The summed E-state index contributed by atoms with van der Waals surface area (Å²) in [5.74, 6) is 0. The van der Waals surface area contributed by atoms with Gasteiger partial charge in [-0.05, 0) is 30.7 Å². The smallest absolute Gasteiger partial charge is 0.336 e. The predicted octanol–water partition coefficient (Wildman–Crippen LogP) is 0.842. The average molecular weight is 297 g/mol. The second-order valence-corrected chi connectivity index (χ2v) is 6.08. The third kappa shape index (κ3) is 3.06. The van der Waals surface area contributed by atoms with Crippen LogP contribution >= 0.6 is 0 Å². The summed E-state index contributed by atoms with van der Waals surface area (Å²) >= 11 is 0. The summed E-state index contributed by atoms with van der Waals surface area (Å²) in [6.07, 6.45) is 0.484. The van der Waals surface area contributed by atoms with Gasteiger partial charge in [0.05, 0.1) is 11.5 Å². The average Bonchev–Trinajstić information content (AvgIpc) is 2.44. The third-order valence-electron chi connectivity index (χ3n) is 2.94. The van der Waals surface area contributed by atoms with Crippen molar-refractivity contribution in [2.45, 2.75) is 24.3 Å². The van der Waals surface area contributed by atoms with E-state index in [1.54, 1.807) is 6.92 Å². The molecule has 0 radical (unpaired) electrons. The van der Waals surface area contributed by atoms with Crippen LogP contribution in [0.2, 0.25) is 0 Å². The number of fused-ring (bicyclic) bond motifs is 1. The Morgan fingerprint density at radius 3 is 2.70 bits per heavy atom. The van der Waals surface area contributed by atoms with Gasteiger partial charge in [-0.2, -0.15) is 0 Å². The van der Waals surface area contributed by atoms with Gasteiger partial charge >= 0.3 is 5.63 Å². The molecule has 0 saturated heterocycles. The highest BCUT2D eigenvalue weighted by atomic mass is 32.2. The fourth-order valence-corrected chi connectivity index (χ4v) is 3.10. The Balaban J connectivity index is 2.42. The van der Waals surface area contributed by atoms with Crippen molar-refractivity contribution in [1.29, 1.82) is 0 Å². The van der Waals surface area contributed by atoms with E-state index in [-0.39, 0.29) is 11.5 Å². The largest absolute Gasteiger partial charge is 0.423 e. The molecular weight excluding hydrogens is 282 g/mol.